The zero-order valence-electron chi connectivity index (χ0n) is 7.67. The molecule has 15 heavy (non-hydrogen) atoms. The van der Waals surface area contributed by atoms with Gasteiger partial charge in [0.1, 0.15) is 5.69 Å². The Labute approximate surface area is 85.4 Å². The first kappa shape index (κ1) is 11.0. The van der Waals surface area contributed by atoms with E-state index in [0.717, 1.165) is 6.07 Å². The number of nitrogens with two attached hydrogens (primary N) is 1. The minimum absolute atomic E-state index is 0.0139. The zero-order chi connectivity index (χ0) is 11.6. The van der Waals surface area contributed by atoms with Crippen molar-refractivity contribution in [1.29, 1.82) is 0 Å². The highest BCUT2D eigenvalue weighted by molar-refractivity contribution is 5.91. The van der Waals surface area contributed by atoms with Gasteiger partial charge < -0.3 is 15.6 Å². The number of carbonyl (C=O) groups is 1. The second-order valence-electron chi connectivity index (χ2n) is 2.78. The normalized spacial score (nSPS) is 9.73. The van der Waals surface area contributed by atoms with Crippen LogP contribution in [0.15, 0.2) is 18.7 Å². The zero-order valence-corrected chi connectivity index (χ0v) is 7.67. The summed E-state index contributed by atoms with van der Waals surface area (Å²) in [6.07, 6.45) is 1.30. The number of nitrogen functional groups attached to an aromatic ring is 1. The summed E-state index contributed by atoms with van der Waals surface area (Å²) < 4.78 is 0. The summed E-state index contributed by atoms with van der Waals surface area (Å²) in [4.78, 5) is 10.6. The molecule has 0 spiro atoms. The number of nitrogens with zero attached hydrogens (tertiary/aromatic N) is 1. The maximum absolute atomic E-state index is 10.6. The molecule has 6 nitrogen and oxygen atoms in total. The molecular weight excluding hydrogens is 200 g/mol. The average Bonchev–Trinajstić information content (AvgIpc) is 2.17. The van der Waals surface area contributed by atoms with Gasteiger partial charge in [0.25, 0.3) is 0 Å². The molecule has 0 radical (unpaired) electrons. The SMILES string of the molecule is C=Cc1cc(C(=O)[O-])cc(N(O)O)c1N. The van der Waals surface area contributed by atoms with Gasteiger partial charge in [0.15, 0.2) is 0 Å². The van der Waals surface area contributed by atoms with E-state index in [1.807, 2.05) is 0 Å². The third-order valence-electron chi connectivity index (χ3n) is 1.86. The monoisotopic (exact) mass is 209 g/mol. The van der Waals surface area contributed by atoms with E-state index in [4.69, 9.17) is 16.1 Å². The Kier molecular flexibility index (Phi) is 2.93. The van der Waals surface area contributed by atoms with Crippen molar-refractivity contribution in [3.63, 3.8) is 0 Å². The number of aromatic carboxylic acids is 1. The minimum Gasteiger partial charge on any atom is -0.545 e. The van der Waals surface area contributed by atoms with Crippen molar-refractivity contribution in [2.75, 3.05) is 11.0 Å². The highest BCUT2D eigenvalue weighted by atomic mass is 16.8. The fraction of sp³-hybridized carbons (Fsp3) is 0. The Morgan fingerprint density at radius 1 is 1.53 bits per heavy atom. The fourth-order valence-electron chi connectivity index (χ4n) is 1.11. The number of anilines is 2. The topological polar surface area (TPSA) is 110 Å². The smallest absolute Gasteiger partial charge is 0.118 e. The van der Waals surface area contributed by atoms with E-state index in [-0.39, 0.29) is 27.7 Å². The maximum Gasteiger partial charge on any atom is 0.118 e. The molecule has 0 atom stereocenters. The van der Waals surface area contributed by atoms with Gasteiger partial charge in [-0.05, 0) is 17.7 Å². The van der Waals surface area contributed by atoms with Crippen LogP contribution in [0.25, 0.3) is 6.08 Å². The molecule has 0 unspecified atom stereocenters. The Bertz CT molecular complexity index is 415. The molecule has 0 saturated heterocycles. The first-order valence-electron chi connectivity index (χ1n) is 3.92. The predicted octanol–water partition coefficient (Wildman–Crippen LogP) is -0.140. The van der Waals surface area contributed by atoms with Crippen LogP contribution in [0.1, 0.15) is 15.9 Å². The van der Waals surface area contributed by atoms with Gasteiger partial charge in [-0.15, -0.1) is 5.23 Å². The summed E-state index contributed by atoms with van der Waals surface area (Å²) in [5.74, 6) is -1.44. The molecule has 0 aromatic heterocycles. The Morgan fingerprint density at radius 2 is 2.13 bits per heavy atom. The van der Waals surface area contributed by atoms with Crippen LogP contribution < -0.4 is 16.1 Å². The summed E-state index contributed by atoms with van der Waals surface area (Å²) >= 11 is 0. The third kappa shape index (κ3) is 2.06. The highest BCUT2D eigenvalue weighted by Gasteiger charge is 2.10. The molecule has 1 aromatic carbocycles. The quantitative estimate of drug-likeness (QED) is 0.472. The second-order valence-corrected chi connectivity index (χ2v) is 2.78. The van der Waals surface area contributed by atoms with Crippen LogP contribution in [-0.4, -0.2) is 16.4 Å². The first-order chi connectivity index (χ1) is 6.97. The summed E-state index contributed by atoms with van der Waals surface area (Å²) in [5, 5.41) is 27.9. The van der Waals surface area contributed by atoms with Crippen molar-refractivity contribution in [2.45, 2.75) is 0 Å². The number of benzene rings is 1. The summed E-state index contributed by atoms with van der Waals surface area (Å²) in [5.41, 5.74) is 5.34. The van der Waals surface area contributed by atoms with Crippen molar-refractivity contribution in [3.05, 3.63) is 29.8 Å². The maximum atomic E-state index is 10.6. The lowest BCUT2D eigenvalue weighted by molar-refractivity contribution is -0.255. The highest BCUT2D eigenvalue weighted by Crippen LogP contribution is 2.27. The van der Waals surface area contributed by atoms with Crippen molar-refractivity contribution in [3.8, 4) is 0 Å². The molecule has 0 aliphatic rings. The lowest BCUT2D eigenvalue weighted by Gasteiger charge is -2.15. The van der Waals surface area contributed by atoms with Crippen LogP contribution in [0.2, 0.25) is 0 Å². The lowest BCUT2D eigenvalue weighted by atomic mass is 10.1. The van der Waals surface area contributed by atoms with Crippen molar-refractivity contribution in [1.82, 2.24) is 0 Å². The standard InChI is InChI=1S/C9H10N2O4/c1-2-5-3-6(9(12)13)4-7(8(5)10)11(14)15/h2-4,14-15H,1,10H2,(H,12,13)/p-1. The third-order valence-corrected chi connectivity index (χ3v) is 1.86. The van der Waals surface area contributed by atoms with Crippen LogP contribution in [0.5, 0.6) is 0 Å². The van der Waals surface area contributed by atoms with E-state index >= 15 is 0 Å². The number of rotatable bonds is 3. The van der Waals surface area contributed by atoms with E-state index in [0.29, 0.717) is 0 Å². The van der Waals surface area contributed by atoms with Gasteiger partial charge in [0.05, 0.1) is 11.7 Å². The van der Waals surface area contributed by atoms with Crippen molar-refractivity contribution >= 4 is 23.4 Å². The predicted molar refractivity (Wildman–Crippen MR) is 51.3 cm³/mol. The van der Waals surface area contributed by atoms with Gasteiger partial charge in [-0.25, -0.2) is 0 Å². The molecule has 80 valence electrons. The molecule has 0 aliphatic heterocycles. The molecule has 0 aliphatic carbocycles. The van der Waals surface area contributed by atoms with Gasteiger partial charge in [-0.3, -0.25) is 10.4 Å². The van der Waals surface area contributed by atoms with Crippen LogP contribution in [0, 0.1) is 0 Å². The van der Waals surface area contributed by atoms with Gasteiger partial charge in [-0.2, -0.15) is 0 Å². The van der Waals surface area contributed by atoms with E-state index in [1.165, 1.54) is 12.1 Å². The average molecular weight is 209 g/mol. The van der Waals surface area contributed by atoms with E-state index in [1.54, 1.807) is 0 Å². The Morgan fingerprint density at radius 3 is 2.53 bits per heavy atom. The van der Waals surface area contributed by atoms with E-state index in [9.17, 15) is 9.90 Å². The Hall–Kier alpha value is -2.05. The number of hydrogen-bond acceptors (Lipinski definition) is 6. The summed E-state index contributed by atoms with van der Waals surface area (Å²) in [7, 11) is 0. The van der Waals surface area contributed by atoms with Gasteiger partial charge in [0.2, 0.25) is 0 Å². The minimum atomic E-state index is -1.44. The van der Waals surface area contributed by atoms with Crippen LogP contribution in [0.3, 0.4) is 0 Å². The molecule has 4 N–H and O–H groups in total. The molecule has 0 fully saturated rings. The van der Waals surface area contributed by atoms with E-state index < -0.39 is 5.97 Å². The van der Waals surface area contributed by atoms with Gasteiger partial charge in [-0.1, -0.05) is 12.7 Å². The number of carboxylic acid groups (broad SMARTS) is 1. The molecule has 0 bridgehead atoms. The molecule has 0 saturated carbocycles. The number of carbonyl (C=O) groups excluding carboxylic acids is 1. The first-order valence-corrected chi connectivity index (χ1v) is 3.92. The second kappa shape index (κ2) is 3.99. The molecule has 0 amide bonds. The van der Waals surface area contributed by atoms with Gasteiger partial charge >= 0.3 is 0 Å². The fourth-order valence-corrected chi connectivity index (χ4v) is 1.11. The van der Waals surface area contributed by atoms with Crippen molar-refractivity contribution in [2.24, 2.45) is 0 Å². The molecule has 6 heteroatoms. The molecule has 1 rings (SSSR count). The molecular formula is C9H9N2O4-. The largest absolute Gasteiger partial charge is 0.545 e. The van der Waals surface area contributed by atoms with Crippen molar-refractivity contribution < 1.29 is 20.3 Å². The van der Waals surface area contributed by atoms with Gasteiger partial charge in [0, 0.05) is 5.56 Å². The lowest BCUT2D eigenvalue weighted by Crippen LogP contribution is -2.23. The summed E-state index contributed by atoms with van der Waals surface area (Å²) in [6.45, 7) is 3.42. The summed E-state index contributed by atoms with van der Waals surface area (Å²) in [6, 6.07) is 2.21. The molecule has 0 heterocycles. The number of hydrogen-bond donors (Lipinski definition) is 3. The molecule has 1 aromatic rings. The van der Waals surface area contributed by atoms with Crippen LogP contribution in [-0.2, 0) is 0 Å². The van der Waals surface area contributed by atoms with Crippen LogP contribution in [0.4, 0.5) is 11.4 Å². The Balaban J connectivity index is 3.45. The van der Waals surface area contributed by atoms with E-state index in [2.05, 4.69) is 6.58 Å². The number of carboxylic acids is 1. The van der Waals surface area contributed by atoms with Crippen LogP contribution >= 0.6 is 0 Å².